The summed E-state index contributed by atoms with van der Waals surface area (Å²) in [5, 5.41) is 2.08. The van der Waals surface area contributed by atoms with Gasteiger partial charge in [0.1, 0.15) is 5.69 Å². The third kappa shape index (κ3) is 3.26. The van der Waals surface area contributed by atoms with Crippen LogP contribution in [0.5, 0.6) is 0 Å². The number of fused-ring (bicyclic) bond motifs is 3. The standard InChI is InChI=1S/C27H17N5/c1-3-8-20(9-4-1)25-30-26(21-10-5-2-6-11-21)32-27(31-25)22-16-15-19-14-13-18-12-7-17-28-23(18)24(19)29-22/h1-17H. The number of hydrogen-bond acceptors (Lipinski definition) is 5. The molecule has 0 spiro atoms. The fourth-order valence-corrected chi connectivity index (χ4v) is 3.77. The first-order valence-electron chi connectivity index (χ1n) is 10.4. The molecule has 0 bridgehead atoms. The predicted molar refractivity (Wildman–Crippen MR) is 127 cm³/mol. The summed E-state index contributed by atoms with van der Waals surface area (Å²) in [6, 6.07) is 32.0. The zero-order valence-electron chi connectivity index (χ0n) is 17.1. The van der Waals surface area contributed by atoms with E-state index < -0.39 is 0 Å². The van der Waals surface area contributed by atoms with Gasteiger partial charge in [-0.05, 0) is 12.1 Å². The first kappa shape index (κ1) is 18.3. The molecule has 0 saturated heterocycles. The summed E-state index contributed by atoms with van der Waals surface area (Å²) < 4.78 is 0. The van der Waals surface area contributed by atoms with Crippen molar-refractivity contribution in [2.75, 3.05) is 0 Å². The van der Waals surface area contributed by atoms with Crippen LogP contribution < -0.4 is 0 Å². The number of benzene rings is 3. The summed E-state index contributed by atoms with van der Waals surface area (Å²) in [4.78, 5) is 23.8. The van der Waals surface area contributed by atoms with E-state index in [9.17, 15) is 0 Å². The van der Waals surface area contributed by atoms with E-state index in [1.165, 1.54) is 0 Å². The summed E-state index contributed by atoms with van der Waals surface area (Å²) in [5.41, 5.74) is 4.26. The van der Waals surface area contributed by atoms with E-state index in [1.54, 1.807) is 6.20 Å². The maximum absolute atomic E-state index is 4.93. The van der Waals surface area contributed by atoms with Crippen LogP contribution in [0.25, 0.3) is 56.1 Å². The second-order valence-corrected chi connectivity index (χ2v) is 7.45. The summed E-state index contributed by atoms with van der Waals surface area (Å²) in [5.74, 6) is 1.77. The van der Waals surface area contributed by atoms with Crippen LogP contribution in [0.3, 0.4) is 0 Å². The van der Waals surface area contributed by atoms with Crippen molar-refractivity contribution in [2.24, 2.45) is 0 Å². The van der Waals surface area contributed by atoms with Gasteiger partial charge in [0.2, 0.25) is 0 Å². The molecule has 0 aliphatic carbocycles. The Morgan fingerprint density at radius 2 is 0.969 bits per heavy atom. The van der Waals surface area contributed by atoms with Crippen LogP contribution in [0.15, 0.2) is 103 Å². The number of nitrogens with zero attached hydrogens (tertiary/aromatic N) is 5. The number of aromatic nitrogens is 5. The topological polar surface area (TPSA) is 64.5 Å². The minimum Gasteiger partial charge on any atom is -0.254 e. The number of rotatable bonds is 3. The molecular formula is C27H17N5. The average molecular weight is 411 g/mol. The quantitative estimate of drug-likeness (QED) is 0.336. The van der Waals surface area contributed by atoms with Gasteiger partial charge in [-0.15, -0.1) is 0 Å². The fourth-order valence-electron chi connectivity index (χ4n) is 3.77. The van der Waals surface area contributed by atoms with Crippen molar-refractivity contribution in [1.29, 1.82) is 0 Å². The molecule has 6 rings (SSSR count). The molecule has 3 aromatic heterocycles. The van der Waals surface area contributed by atoms with Gasteiger partial charge in [0, 0.05) is 28.1 Å². The van der Waals surface area contributed by atoms with E-state index >= 15 is 0 Å². The Morgan fingerprint density at radius 1 is 0.406 bits per heavy atom. The molecule has 32 heavy (non-hydrogen) atoms. The highest BCUT2D eigenvalue weighted by Crippen LogP contribution is 2.27. The molecule has 0 N–H and O–H groups in total. The van der Waals surface area contributed by atoms with E-state index in [0.29, 0.717) is 23.2 Å². The lowest BCUT2D eigenvalue weighted by atomic mass is 10.1. The zero-order chi connectivity index (χ0) is 21.3. The highest BCUT2D eigenvalue weighted by molar-refractivity contribution is 6.03. The van der Waals surface area contributed by atoms with Crippen LogP contribution in [-0.4, -0.2) is 24.9 Å². The summed E-state index contributed by atoms with van der Waals surface area (Å²) >= 11 is 0. The Bertz CT molecular complexity index is 1510. The maximum Gasteiger partial charge on any atom is 0.182 e. The lowest BCUT2D eigenvalue weighted by Gasteiger charge is -2.09. The molecule has 0 saturated carbocycles. The summed E-state index contributed by atoms with van der Waals surface area (Å²) in [7, 11) is 0. The van der Waals surface area contributed by atoms with Crippen LogP contribution in [0.1, 0.15) is 0 Å². The van der Waals surface area contributed by atoms with Gasteiger partial charge in [0.05, 0.1) is 11.0 Å². The molecule has 150 valence electrons. The smallest absolute Gasteiger partial charge is 0.182 e. The van der Waals surface area contributed by atoms with Crippen LogP contribution in [0.2, 0.25) is 0 Å². The second kappa shape index (κ2) is 7.63. The highest BCUT2D eigenvalue weighted by atomic mass is 15.0. The van der Waals surface area contributed by atoms with Gasteiger partial charge in [-0.3, -0.25) is 4.98 Å². The molecule has 6 aromatic rings. The van der Waals surface area contributed by atoms with Gasteiger partial charge in [-0.1, -0.05) is 84.9 Å². The Kier molecular flexibility index (Phi) is 4.36. The van der Waals surface area contributed by atoms with Crippen LogP contribution in [0.4, 0.5) is 0 Å². The van der Waals surface area contributed by atoms with Crippen molar-refractivity contribution in [1.82, 2.24) is 24.9 Å². The first-order valence-corrected chi connectivity index (χ1v) is 10.4. The lowest BCUT2D eigenvalue weighted by molar-refractivity contribution is 1.06. The normalized spacial score (nSPS) is 11.1. The van der Waals surface area contributed by atoms with Crippen molar-refractivity contribution >= 4 is 21.8 Å². The molecule has 0 aliphatic heterocycles. The lowest BCUT2D eigenvalue weighted by Crippen LogP contribution is -2.01. The zero-order valence-corrected chi connectivity index (χ0v) is 17.1. The predicted octanol–water partition coefficient (Wildman–Crippen LogP) is 5.97. The molecule has 3 heterocycles. The number of pyridine rings is 2. The molecule has 0 atom stereocenters. The van der Waals surface area contributed by atoms with Crippen LogP contribution >= 0.6 is 0 Å². The molecule has 0 unspecified atom stereocenters. The molecule has 5 nitrogen and oxygen atoms in total. The third-order valence-electron chi connectivity index (χ3n) is 5.36. The van der Waals surface area contributed by atoms with E-state index in [-0.39, 0.29) is 0 Å². The van der Waals surface area contributed by atoms with Crippen molar-refractivity contribution in [3.63, 3.8) is 0 Å². The minimum atomic E-state index is 0.535. The van der Waals surface area contributed by atoms with Gasteiger partial charge in [0.15, 0.2) is 17.5 Å². The Balaban J connectivity index is 1.59. The minimum absolute atomic E-state index is 0.535. The van der Waals surface area contributed by atoms with Crippen molar-refractivity contribution < 1.29 is 0 Å². The SMILES string of the molecule is c1ccc(-c2nc(-c3ccccc3)nc(-c3ccc4ccc5cccnc5c4n3)n2)cc1. The third-order valence-corrected chi connectivity index (χ3v) is 5.36. The van der Waals surface area contributed by atoms with Gasteiger partial charge in [-0.25, -0.2) is 19.9 Å². The van der Waals surface area contributed by atoms with Crippen LogP contribution in [0, 0.1) is 0 Å². The van der Waals surface area contributed by atoms with Gasteiger partial charge in [-0.2, -0.15) is 0 Å². The van der Waals surface area contributed by atoms with E-state index in [1.807, 2.05) is 84.9 Å². The van der Waals surface area contributed by atoms with Crippen molar-refractivity contribution in [3.05, 3.63) is 103 Å². The molecule has 0 aliphatic rings. The highest BCUT2D eigenvalue weighted by Gasteiger charge is 2.14. The van der Waals surface area contributed by atoms with Crippen molar-refractivity contribution in [2.45, 2.75) is 0 Å². The monoisotopic (exact) mass is 411 g/mol. The van der Waals surface area contributed by atoms with E-state index in [0.717, 1.165) is 32.9 Å². The average Bonchev–Trinajstić information content (AvgIpc) is 2.89. The molecule has 0 radical (unpaired) electrons. The fraction of sp³-hybridized carbons (Fsp3) is 0. The molecular weight excluding hydrogens is 394 g/mol. The van der Waals surface area contributed by atoms with Gasteiger partial charge < -0.3 is 0 Å². The Hall–Kier alpha value is -4.51. The Morgan fingerprint density at radius 3 is 1.62 bits per heavy atom. The largest absolute Gasteiger partial charge is 0.254 e. The van der Waals surface area contributed by atoms with Crippen LogP contribution in [-0.2, 0) is 0 Å². The van der Waals surface area contributed by atoms with Gasteiger partial charge >= 0.3 is 0 Å². The molecule has 0 amide bonds. The van der Waals surface area contributed by atoms with Crippen molar-refractivity contribution in [3.8, 4) is 34.3 Å². The maximum atomic E-state index is 4.93. The summed E-state index contributed by atoms with van der Waals surface area (Å²) in [6.45, 7) is 0. The number of hydrogen-bond donors (Lipinski definition) is 0. The second-order valence-electron chi connectivity index (χ2n) is 7.45. The molecule has 3 aromatic carbocycles. The Labute approximate surface area is 184 Å². The van der Waals surface area contributed by atoms with Gasteiger partial charge in [0.25, 0.3) is 0 Å². The molecule has 0 fully saturated rings. The van der Waals surface area contributed by atoms with E-state index in [4.69, 9.17) is 19.9 Å². The summed E-state index contributed by atoms with van der Waals surface area (Å²) in [6.07, 6.45) is 1.79. The molecule has 5 heteroatoms. The first-order chi connectivity index (χ1) is 15.8. The van der Waals surface area contributed by atoms with E-state index in [2.05, 4.69) is 17.1 Å².